The van der Waals surface area contributed by atoms with Crippen molar-refractivity contribution in [1.82, 2.24) is 24.7 Å². The number of nitrogens with one attached hydrogen (secondary N) is 2. The molecule has 1 aliphatic carbocycles. The lowest BCUT2D eigenvalue weighted by Crippen LogP contribution is -2.43. The first-order valence-corrected chi connectivity index (χ1v) is 16.6. The summed E-state index contributed by atoms with van der Waals surface area (Å²) in [7, 11) is 0. The van der Waals surface area contributed by atoms with Crippen molar-refractivity contribution in [2.75, 3.05) is 0 Å². The lowest BCUT2D eigenvalue weighted by Gasteiger charge is -2.46. The summed E-state index contributed by atoms with van der Waals surface area (Å²) in [5, 5.41) is 8.11. The molecule has 41 heavy (non-hydrogen) atoms. The minimum Gasteiger partial charge on any atom is -0.354 e. The van der Waals surface area contributed by atoms with Crippen LogP contribution in [0.3, 0.4) is 0 Å². The molecule has 0 radical (unpaired) electrons. The Hall–Kier alpha value is -2.67. The van der Waals surface area contributed by atoms with E-state index in [1.54, 1.807) is 10.9 Å². The number of nitrogens with zero attached hydrogens (tertiary/aromatic N) is 3. The van der Waals surface area contributed by atoms with Crippen molar-refractivity contribution in [3.8, 4) is 5.69 Å². The van der Waals surface area contributed by atoms with Gasteiger partial charge in [-0.25, -0.2) is 4.98 Å². The number of H-pyrrole nitrogens is 2. The van der Waals surface area contributed by atoms with Gasteiger partial charge in [0.25, 0.3) is 5.56 Å². The molecular formula is C34H50BrN5O. The van der Waals surface area contributed by atoms with Gasteiger partial charge in [0, 0.05) is 27.4 Å². The molecule has 1 atom stereocenters. The van der Waals surface area contributed by atoms with Crippen LogP contribution < -0.4 is 5.56 Å². The highest BCUT2D eigenvalue weighted by Gasteiger charge is 2.48. The third-order valence-electron chi connectivity index (χ3n) is 8.58. The van der Waals surface area contributed by atoms with Gasteiger partial charge in [-0.3, -0.25) is 14.5 Å². The van der Waals surface area contributed by atoms with Gasteiger partial charge in [-0.1, -0.05) is 99.1 Å². The third kappa shape index (κ3) is 7.40. The number of benzene rings is 1. The van der Waals surface area contributed by atoms with Crippen LogP contribution in [0.25, 0.3) is 16.6 Å². The van der Waals surface area contributed by atoms with E-state index in [4.69, 9.17) is 0 Å². The minimum atomic E-state index is -0.167. The fourth-order valence-electron chi connectivity index (χ4n) is 5.73. The molecule has 1 fully saturated rings. The molecule has 1 unspecified atom stereocenters. The van der Waals surface area contributed by atoms with Crippen LogP contribution in [-0.2, 0) is 11.8 Å². The van der Waals surface area contributed by atoms with Gasteiger partial charge >= 0.3 is 0 Å². The van der Waals surface area contributed by atoms with Crippen molar-refractivity contribution in [2.24, 2.45) is 11.8 Å². The zero-order valence-corrected chi connectivity index (χ0v) is 27.8. The molecule has 0 aliphatic heterocycles. The number of aromatic amines is 2. The van der Waals surface area contributed by atoms with Crippen molar-refractivity contribution >= 4 is 26.8 Å². The zero-order valence-electron chi connectivity index (χ0n) is 26.2. The summed E-state index contributed by atoms with van der Waals surface area (Å²) in [5.74, 6) is 2.54. The Labute approximate surface area is 254 Å². The Morgan fingerprint density at radius 2 is 1.88 bits per heavy atom. The molecule has 2 N–H and O–H groups in total. The highest BCUT2D eigenvalue weighted by molar-refractivity contribution is 9.10. The number of rotatable bonds is 10. The van der Waals surface area contributed by atoms with Gasteiger partial charge < -0.3 is 4.98 Å². The molecule has 224 valence electrons. The van der Waals surface area contributed by atoms with E-state index in [0.717, 1.165) is 58.7 Å². The number of pyridine rings is 1. The van der Waals surface area contributed by atoms with Crippen molar-refractivity contribution in [2.45, 2.75) is 112 Å². The fraction of sp³-hybridized carbons (Fsp3) is 0.559. The lowest BCUT2D eigenvalue weighted by atomic mass is 9.57. The average Bonchev–Trinajstić information content (AvgIpc) is 3.68. The third-order valence-corrected chi connectivity index (χ3v) is 9.21. The molecule has 5 rings (SSSR count). The van der Waals surface area contributed by atoms with Crippen LogP contribution in [0.1, 0.15) is 117 Å². The second-order valence-corrected chi connectivity index (χ2v) is 12.1. The van der Waals surface area contributed by atoms with Gasteiger partial charge in [0.15, 0.2) is 0 Å². The largest absolute Gasteiger partial charge is 0.354 e. The number of hydrogen-bond acceptors (Lipinski definition) is 3. The predicted octanol–water partition coefficient (Wildman–Crippen LogP) is 9.51. The van der Waals surface area contributed by atoms with E-state index in [1.807, 2.05) is 38.2 Å². The second kappa shape index (κ2) is 15.5. The standard InChI is InChI=1S/C23H24BrN5O.C9H20.C2H6/c1-3-14-10-23(11-14,22-25-13-26-28-22)15-6-5-7-17(8-15)29-12-19(24)18-9-16(4-2)27-20(18)21(29)30;1-4-6-7-8-9(3)5-2;1-2/h5-9,12-14,27H,3-4,10-11H2,1-2H3,(H,25,26,28);9H,4-8H2,1-3H3;1-2H3. The molecule has 0 saturated heterocycles. The molecule has 7 heteroatoms. The summed E-state index contributed by atoms with van der Waals surface area (Å²) in [4.78, 5) is 21.0. The van der Waals surface area contributed by atoms with Gasteiger partial charge in [-0.05, 0) is 70.8 Å². The SMILES string of the molecule is CC.CCCCCC(C)CC.CCc1cc2c(Br)cn(-c3cccc(C4(c5ncn[nH]5)CC(CC)C4)c3)c(=O)c2[nH]1. The Bertz CT molecular complexity index is 1400. The van der Waals surface area contributed by atoms with E-state index in [9.17, 15) is 4.79 Å². The van der Waals surface area contributed by atoms with Crippen LogP contribution in [0.2, 0.25) is 0 Å². The molecule has 0 bridgehead atoms. The molecule has 1 aromatic carbocycles. The number of halogens is 1. The minimum absolute atomic E-state index is 0.0428. The Morgan fingerprint density at radius 3 is 2.49 bits per heavy atom. The predicted molar refractivity (Wildman–Crippen MR) is 176 cm³/mol. The summed E-state index contributed by atoms with van der Waals surface area (Å²) in [6, 6.07) is 10.3. The molecule has 6 nitrogen and oxygen atoms in total. The molecule has 0 amide bonds. The highest BCUT2D eigenvalue weighted by Crippen LogP contribution is 2.52. The van der Waals surface area contributed by atoms with Gasteiger partial charge in [-0.15, -0.1) is 0 Å². The highest BCUT2D eigenvalue weighted by atomic mass is 79.9. The molecule has 1 aliphatic rings. The van der Waals surface area contributed by atoms with E-state index >= 15 is 0 Å². The Kier molecular flexibility index (Phi) is 12.4. The van der Waals surface area contributed by atoms with E-state index in [2.05, 4.69) is 82.8 Å². The smallest absolute Gasteiger partial charge is 0.279 e. The first kappa shape index (κ1) is 32.8. The number of aryl methyl sites for hydroxylation is 1. The van der Waals surface area contributed by atoms with Gasteiger partial charge in [0.05, 0.1) is 5.41 Å². The summed E-state index contributed by atoms with van der Waals surface area (Å²) in [5.41, 5.74) is 3.50. The van der Waals surface area contributed by atoms with E-state index in [1.165, 1.54) is 37.7 Å². The van der Waals surface area contributed by atoms with E-state index < -0.39 is 0 Å². The monoisotopic (exact) mass is 623 g/mol. The molecule has 0 spiro atoms. The van der Waals surface area contributed by atoms with Crippen molar-refractivity contribution in [3.63, 3.8) is 0 Å². The Balaban J connectivity index is 0.000000362. The van der Waals surface area contributed by atoms with Crippen molar-refractivity contribution < 1.29 is 0 Å². The maximum absolute atomic E-state index is 13.3. The number of fused-ring (bicyclic) bond motifs is 1. The van der Waals surface area contributed by atoms with E-state index in [-0.39, 0.29) is 11.0 Å². The van der Waals surface area contributed by atoms with Gasteiger partial charge in [0.1, 0.15) is 17.7 Å². The molecule has 4 aromatic rings. The summed E-state index contributed by atoms with van der Waals surface area (Å²) in [6.07, 6.45) is 14.5. The first-order chi connectivity index (χ1) is 19.9. The van der Waals surface area contributed by atoms with E-state index in [0.29, 0.717) is 11.4 Å². The fourth-order valence-corrected chi connectivity index (χ4v) is 6.25. The van der Waals surface area contributed by atoms with Crippen LogP contribution >= 0.6 is 15.9 Å². The van der Waals surface area contributed by atoms with Crippen LogP contribution in [0.4, 0.5) is 0 Å². The van der Waals surface area contributed by atoms with Crippen molar-refractivity contribution in [3.05, 3.63) is 74.8 Å². The number of unbranched alkanes of at least 4 members (excludes halogenated alkanes) is 2. The van der Waals surface area contributed by atoms with Gasteiger partial charge in [0.2, 0.25) is 0 Å². The molecular weight excluding hydrogens is 574 g/mol. The van der Waals surface area contributed by atoms with Gasteiger partial charge in [-0.2, -0.15) is 5.10 Å². The quantitative estimate of drug-likeness (QED) is 0.173. The first-order valence-electron chi connectivity index (χ1n) is 15.8. The summed E-state index contributed by atoms with van der Waals surface area (Å²) >= 11 is 3.65. The summed E-state index contributed by atoms with van der Waals surface area (Å²) < 4.78 is 2.62. The number of aromatic nitrogens is 5. The van der Waals surface area contributed by atoms with Crippen LogP contribution in [0.15, 0.2) is 52.1 Å². The second-order valence-electron chi connectivity index (χ2n) is 11.2. The zero-order chi connectivity index (χ0) is 30.0. The lowest BCUT2D eigenvalue weighted by molar-refractivity contribution is 0.167. The Morgan fingerprint density at radius 1 is 1.12 bits per heavy atom. The molecule has 3 heterocycles. The number of hydrogen-bond donors (Lipinski definition) is 2. The molecule has 3 aromatic heterocycles. The topological polar surface area (TPSA) is 79.4 Å². The maximum atomic E-state index is 13.3. The average molecular weight is 625 g/mol. The van der Waals surface area contributed by atoms with Crippen LogP contribution in [0, 0.1) is 11.8 Å². The maximum Gasteiger partial charge on any atom is 0.279 e. The van der Waals surface area contributed by atoms with Crippen LogP contribution in [0.5, 0.6) is 0 Å². The van der Waals surface area contributed by atoms with Crippen LogP contribution in [-0.4, -0.2) is 24.7 Å². The van der Waals surface area contributed by atoms with Crippen molar-refractivity contribution in [1.29, 1.82) is 0 Å². The normalized spacial score (nSPS) is 18.6. The molecule has 1 saturated carbocycles. The summed E-state index contributed by atoms with van der Waals surface area (Å²) in [6.45, 7) is 15.2.